The fourth-order valence-electron chi connectivity index (χ4n) is 1.67. The van der Waals surface area contributed by atoms with E-state index >= 15 is 0 Å². The van der Waals surface area contributed by atoms with Crippen molar-refractivity contribution >= 4 is 0 Å². The lowest BCUT2D eigenvalue weighted by Crippen LogP contribution is -2.23. The van der Waals surface area contributed by atoms with E-state index in [1.807, 2.05) is 0 Å². The van der Waals surface area contributed by atoms with Gasteiger partial charge in [-0.1, -0.05) is 6.92 Å². The molecule has 0 aliphatic heterocycles. The van der Waals surface area contributed by atoms with Crippen LogP contribution in [-0.2, 0) is 0 Å². The Hall–Kier alpha value is -0.550. The fraction of sp³-hybridized carbons (Fsp3) is 0.875. The average Bonchev–Trinajstić information content (AvgIpc) is 1.85. The van der Waals surface area contributed by atoms with Gasteiger partial charge in [0.2, 0.25) is 0 Å². The van der Waals surface area contributed by atoms with E-state index in [1.165, 1.54) is 0 Å². The highest BCUT2D eigenvalue weighted by molar-refractivity contribution is 4.89. The molecule has 1 N–H and O–H groups in total. The Morgan fingerprint density at radius 3 is 2.60 bits per heavy atom. The molecule has 56 valence electrons. The number of nitrogens with zero attached hydrogens (tertiary/aromatic N) is 1. The van der Waals surface area contributed by atoms with Gasteiger partial charge in [-0.25, -0.2) is 0 Å². The van der Waals surface area contributed by atoms with Crippen LogP contribution in [0.4, 0.5) is 0 Å². The van der Waals surface area contributed by atoms with Crippen molar-refractivity contribution in [2.45, 2.75) is 32.3 Å². The van der Waals surface area contributed by atoms with Crippen LogP contribution >= 0.6 is 0 Å². The number of nitriles is 1. The van der Waals surface area contributed by atoms with Crippen LogP contribution in [0.1, 0.15) is 26.2 Å². The van der Waals surface area contributed by atoms with Crippen LogP contribution in [0.2, 0.25) is 0 Å². The van der Waals surface area contributed by atoms with Crippen molar-refractivity contribution in [1.82, 2.24) is 0 Å². The topological polar surface area (TPSA) is 44.0 Å². The smallest absolute Gasteiger partial charge is 0.0656 e. The van der Waals surface area contributed by atoms with Gasteiger partial charge in [0.05, 0.1) is 12.2 Å². The van der Waals surface area contributed by atoms with Crippen molar-refractivity contribution in [3.05, 3.63) is 0 Å². The predicted octanol–water partition coefficient (Wildman–Crippen LogP) is 1.31. The summed E-state index contributed by atoms with van der Waals surface area (Å²) >= 11 is 0. The summed E-state index contributed by atoms with van der Waals surface area (Å²) in [6, 6.07) is 2.20. The molecule has 3 atom stereocenters. The van der Waals surface area contributed by atoms with Crippen LogP contribution in [0.15, 0.2) is 0 Å². The van der Waals surface area contributed by atoms with E-state index in [9.17, 15) is 5.11 Å². The first-order valence-corrected chi connectivity index (χ1v) is 3.80. The van der Waals surface area contributed by atoms with Gasteiger partial charge < -0.3 is 5.11 Å². The molecule has 0 aromatic heterocycles. The highest BCUT2D eigenvalue weighted by Crippen LogP contribution is 2.27. The Bertz CT molecular complexity index is 140. The van der Waals surface area contributed by atoms with Gasteiger partial charge in [-0.05, 0) is 25.2 Å². The molecule has 0 bridgehead atoms. The van der Waals surface area contributed by atoms with E-state index in [0.717, 1.165) is 12.8 Å². The maximum Gasteiger partial charge on any atom is 0.0656 e. The number of hydrogen-bond donors (Lipinski definition) is 1. The lowest BCUT2D eigenvalue weighted by molar-refractivity contribution is 0.0894. The second-order valence-corrected chi connectivity index (χ2v) is 3.29. The quantitative estimate of drug-likeness (QED) is 0.550. The molecule has 1 aliphatic rings. The molecule has 1 rings (SSSR count). The molecule has 1 unspecified atom stereocenters. The standard InChI is InChI=1S/C8H13NO/c1-6-2-7(5-9)4-8(10)3-6/h6-8,10H,2-4H2,1H3/t6-,7+,8?/m1/s1. The van der Waals surface area contributed by atoms with Crippen molar-refractivity contribution in [2.75, 3.05) is 0 Å². The number of aliphatic hydroxyl groups excluding tert-OH is 1. The maximum absolute atomic E-state index is 9.23. The molecular weight excluding hydrogens is 126 g/mol. The molecule has 0 aromatic carbocycles. The largest absolute Gasteiger partial charge is 0.393 e. The molecule has 2 heteroatoms. The second-order valence-electron chi connectivity index (χ2n) is 3.29. The first-order chi connectivity index (χ1) is 4.72. The van der Waals surface area contributed by atoms with E-state index in [2.05, 4.69) is 13.0 Å². The van der Waals surface area contributed by atoms with Crippen LogP contribution in [0.25, 0.3) is 0 Å². The lowest BCUT2D eigenvalue weighted by Gasteiger charge is -2.25. The van der Waals surface area contributed by atoms with Crippen LogP contribution in [-0.4, -0.2) is 11.2 Å². The van der Waals surface area contributed by atoms with Crippen LogP contribution < -0.4 is 0 Å². The molecular formula is C8H13NO. The van der Waals surface area contributed by atoms with E-state index in [1.54, 1.807) is 0 Å². The summed E-state index contributed by atoms with van der Waals surface area (Å²) in [4.78, 5) is 0. The second kappa shape index (κ2) is 3.03. The summed E-state index contributed by atoms with van der Waals surface area (Å²) < 4.78 is 0. The Morgan fingerprint density at radius 1 is 1.40 bits per heavy atom. The highest BCUT2D eigenvalue weighted by atomic mass is 16.3. The van der Waals surface area contributed by atoms with Crippen molar-refractivity contribution < 1.29 is 5.11 Å². The maximum atomic E-state index is 9.23. The predicted molar refractivity (Wildman–Crippen MR) is 38.1 cm³/mol. The van der Waals surface area contributed by atoms with Crippen molar-refractivity contribution in [3.63, 3.8) is 0 Å². The minimum Gasteiger partial charge on any atom is -0.393 e. The molecule has 1 aliphatic carbocycles. The summed E-state index contributed by atoms with van der Waals surface area (Å²) in [5.41, 5.74) is 0. The van der Waals surface area contributed by atoms with E-state index in [0.29, 0.717) is 12.3 Å². The zero-order valence-electron chi connectivity index (χ0n) is 6.25. The third kappa shape index (κ3) is 1.71. The van der Waals surface area contributed by atoms with Gasteiger partial charge in [0, 0.05) is 5.92 Å². The number of hydrogen-bond acceptors (Lipinski definition) is 2. The Kier molecular flexibility index (Phi) is 2.29. The van der Waals surface area contributed by atoms with Crippen LogP contribution in [0, 0.1) is 23.2 Å². The van der Waals surface area contributed by atoms with Crippen molar-refractivity contribution in [2.24, 2.45) is 11.8 Å². The molecule has 2 nitrogen and oxygen atoms in total. The zero-order chi connectivity index (χ0) is 7.56. The minimum absolute atomic E-state index is 0.0961. The average molecular weight is 139 g/mol. The fourth-order valence-corrected chi connectivity index (χ4v) is 1.67. The molecule has 0 amide bonds. The number of rotatable bonds is 0. The van der Waals surface area contributed by atoms with E-state index in [-0.39, 0.29) is 12.0 Å². The first-order valence-electron chi connectivity index (χ1n) is 3.80. The minimum atomic E-state index is -0.228. The Morgan fingerprint density at radius 2 is 2.10 bits per heavy atom. The molecule has 0 heterocycles. The van der Waals surface area contributed by atoms with Crippen LogP contribution in [0.5, 0.6) is 0 Å². The SMILES string of the molecule is C[C@H]1CC(O)C[C@@H](C#N)C1. The summed E-state index contributed by atoms with van der Waals surface area (Å²) in [6.45, 7) is 2.09. The van der Waals surface area contributed by atoms with Gasteiger partial charge in [-0.3, -0.25) is 0 Å². The summed E-state index contributed by atoms with van der Waals surface area (Å²) in [5, 5.41) is 17.8. The molecule has 0 radical (unpaired) electrons. The lowest BCUT2D eigenvalue weighted by atomic mass is 9.82. The number of aliphatic hydroxyl groups is 1. The molecule has 0 aromatic rings. The molecule has 0 spiro atoms. The van der Waals surface area contributed by atoms with Crippen LogP contribution in [0.3, 0.4) is 0 Å². The van der Waals surface area contributed by atoms with Gasteiger partial charge in [-0.15, -0.1) is 0 Å². The van der Waals surface area contributed by atoms with Gasteiger partial charge in [-0.2, -0.15) is 5.26 Å². The summed E-state index contributed by atoms with van der Waals surface area (Å²) in [7, 11) is 0. The first kappa shape index (κ1) is 7.56. The van der Waals surface area contributed by atoms with Crippen molar-refractivity contribution in [1.29, 1.82) is 5.26 Å². The Balaban J connectivity index is 2.44. The van der Waals surface area contributed by atoms with Gasteiger partial charge in [0.1, 0.15) is 0 Å². The normalized spacial score (nSPS) is 40.7. The Labute approximate surface area is 61.5 Å². The highest BCUT2D eigenvalue weighted by Gasteiger charge is 2.24. The van der Waals surface area contributed by atoms with E-state index < -0.39 is 0 Å². The van der Waals surface area contributed by atoms with Gasteiger partial charge in [0.25, 0.3) is 0 Å². The van der Waals surface area contributed by atoms with Crippen molar-refractivity contribution in [3.8, 4) is 6.07 Å². The molecule has 1 saturated carbocycles. The summed E-state index contributed by atoms with van der Waals surface area (Å²) in [6.07, 6.45) is 2.29. The van der Waals surface area contributed by atoms with E-state index in [4.69, 9.17) is 5.26 Å². The zero-order valence-corrected chi connectivity index (χ0v) is 6.25. The monoisotopic (exact) mass is 139 g/mol. The molecule has 10 heavy (non-hydrogen) atoms. The summed E-state index contributed by atoms with van der Waals surface area (Å²) in [5.74, 6) is 0.618. The third-order valence-electron chi connectivity index (χ3n) is 2.10. The van der Waals surface area contributed by atoms with Gasteiger partial charge in [0.15, 0.2) is 0 Å². The van der Waals surface area contributed by atoms with Gasteiger partial charge >= 0.3 is 0 Å². The third-order valence-corrected chi connectivity index (χ3v) is 2.10. The molecule has 0 saturated heterocycles. The molecule has 1 fully saturated rings.